The van der Waals surface area contributed by atoms with Crippen molar-refractivity contribution >= 4 is 72.3 Å². The normalized spacial score (nSPS) is 12.4. The molecule has 0 N–H and O–H groups in total. The van der Waals surface area contributed by atoms with Crippen molar-refractivity contribution in [2.75, 3.05) is 4.90 Å². The molecule has 4 nitrogen and oxygen atoms in total. The maximum atomic E-state index is 5.41. The van der Waals surface area contributed by atoms with E-state index in [0.717, 1.165) is 50.0 Å². The van der Waals surface area contributed by atoms with Crippen LogP contribution in [0.15, 0.2) is 192 Å². The van der Waals surface area contributed by atoms with Crippen molar-refractivity contribution in [1.82, 2.24) is 14.5 Å². The van der Waals surface area contributed by atoms with Crippen molar-refractivity contribution in [2.24, 2.45) is 0 Å². The molecule has 0 fully saturated rings. The molecular formula is C48H30N4S. The van der Waals surface area contributed by atoms with E-state index in [2.05, 4.69) is 185 Å². The van der Waals surface area contributed by atoms with Gasteiger partial charge in [-0.3, -0.25) is 4.57 Å². The van der Waals surface area contributed by atoms with E-state index < -0.39 is 0 Å². The molecule has 5 heteroatoms. The topological polar surface area (TPSA) is 34.0 Å². The van der Waals surface area contributed by atoms with Crippen LogP contribution in [0.5, 0.6) is 0 Å². The quantitative estimate of drug-likeness (QED) is 0.184. The molecule has 11 rings (SSSR count). The van der Waals surface area contributed by atoms with Crippen molar-refractivity contribution in [3.8, 4) is 28.3 Å². The number of hydrogen-bond acceptors (Lipinski definition) is 4. The van der Waals surface area contributed by atoms with E-state index in [9.17, 15) is 0 Å². The number of aromatic nitrogens is 3. The summed E-state index contributed by atoms with van der Waals surface area (Å²) in [5.74, 6) is 0.654. The van der Waals surface area contributed by atoms with Crippen molar-refractivity contribution in [3.63, 3.8) is 0 Å². The molecular weight excluding hydrogens is 665 g/mol. The number of rotatable bonds is 4. The Kier molecular flexibility index (Phi) is 6.76. The fourth-order valence-corrected chi connectivity index (χ4v) is 9.13. The van der Waals surface area contributed by atoms with Crippen LogP contribution in [0, 0.1) is 0 Å². The summed E-state index contributed by atoms with van der Waals surface area (Å²) in [6, 6.07) is 64.8. The van der Waals surface area contributed by atoms with Gasteiger partial charge in [0.25, 0.3) is 0 Å². The minimum Gasteiger partial charge on any atom is -0.308 e. The van der Waals surface area contributed by atoms with Crippen LogP contribution < -0.4 is 4.90 Å². The van der Waals surface area contributed by atoms with Crippen LogP contribution in [0.3, 0.4) is 0 Å². The van der Waals surface area contributed by atoms with Gasteiger partial charge >= 0.3 is 0 Å². The summed E-state index contributed by atoms with van der Waals surface area (Å²) in [7, 11) is 0. The Balaban J connectivity index is 1.20. The van der Waals surface area contributed by atoms with Crippen LogP contribution >= 0.6 is 11.8 Å². The molecule has 53 heavy (non-hydrogen) atoms. The van der Waals surface area contributed by atoms with Crippen molar-refractivity contribution in [2.45, 2.75) is 9.79 Å². The number of hydrogen-bond donors (Lipinski definition) is 0. The minimum atomic E-state index is 0.654. The number of fused-ring (bicyclic) bond motifs is 8. The molecule has 0 aliphatic carbocycles. The average molecular weight is 695 g/mol. The molecule has 3 heterocycles. The van der Waals surface area contributed by atoms with Crippen molar-refractivity contribution in [1.29, 1.82) is 0 Å². The Morgan fingerprint density at radius 1 is 0.472 bits per heavy atom. The predicted octanol–water partition coefficient (Wildman–Crippen LogP) is 13.1. The molecule has 0 amide bonds. The van der Waals surface area contributed by atoms with Gasteiger partial charge in [0.2, 0.25) is 5.95 Å². The van der Waals surface area contributed by atoms with E-state index in [1.165, 1.54) is 42.7 Å². The first-order valence-corrected chi connectivity index (χ1v) is 18.7. The zero-order chi connectivity index (χ0) is 34.9. The predicted molar refractivity (Wildman–Crippen MR) is 221 cm³/mol. The van der Waals surface area contributed by atoms with E-state index in [-0.39, 0.29) is 0 Å². The van der Waals surface area contributed by atoms with E-state index in [0.29, 0.717) is 5.95 Å². The Hall–Kier alpha value is -6.69. The van der Waals surface area contributed by atoms with Crippen LogP contribution in [0.1, 0.15) is 0 Å². The van der Waals surface area contributed by atoms with Crippen LogP contribution in [0.25, 0.3) is 71.8 Å². The summed E-state index contributed by atoms with van der Waals surface area (Å²) in [6.07, 6.45) is 0. The number of anilines is 3. The largest absolute Gasteiger partial charge is 0.308 e. The first-order valence-electron chi connectivity index (χ1n) is 17.8. The second-order valence-corrected chi connectivity index (χ2v) is 14.5. The molecule has 0 spiro atoms. The molecule has 1 aliphatic heterocycles. The maximum Gasteiger partial charge on any atom is 0.235 e. The fraction of sp³-hybridized carbons (Fsp3) is 0. The van der Waals surface area contributed by atoms with Gasteiger partial charge in [0, 0.05) is 42.8 Å². The zero-order valence-electron chi connectivity index (χ0n) is 28.5. The molecule has 1 aliphatic rings. The van der Waals surface area contributed by atoms with Crippen LogP contribution in [0.4, 0.5) is 17.1 Å². The number of para-hydroxylation sites is 4. The smallest absolute Gasteiger partial charge is 0.235 e. The first kappa shape index (κ1) is 30.0. The Bertz CT molecular complexity index is 3040. The second-order valence-electron chi connectivity index (χ2n) is 13.4. The van der Waals surface area contributed by atoms with Gasteiger partial charge in [-0.15, -0.1) is 0 Å². The highest BCUT2D eigenvalue weighted by molar-refractivity contribution is 7.99. The highest BCUT2D eigenvalue weighted by Gasteiger charge is 2.26. The van der Waals surface area contributed by atoms with Gasteiger partial charge in [-0.25, -0.2) is 9.97 Å². The molecule has 0 bridgehead atoms. The molecule has 0 radical (unpaired) electrons. The third-order valence-corrected chi connectivity index (χ3v) is 11.5. The van der Waals surface area contributed by atoms with Gasteiger partial charge in [-0.2, -0.15) is 0 Å². The van der Waals surface area contributed by atoms with Gasteiger partial charge < -0.3 is 4.90 Å². The van der Waals surface area contributed by atoms with Crippen molar-refractivity contribution in [3.05, 3.63) is 182 Å². The van der Waals surface area contributed by atoms with Gasteiger partial charge in [0.1, 0.15) is 0 Å². The molecule has 10 aromatic rings. The molecule has 8 aromatic carbocycles. The molecule has 0 atom stereocenters. The van der Waals surface area contributed by atoms with Gasteiger partial charge in [-0.05, 0) is 64.9 Å². The number of benzene rings is 8. The van der Waals surface area contributed by atoms with Crippen molar-refractivity contribution < 1.29 is 0 Å². The summed E-state index contributed by atoms with van der Waals surface area (Å²) >= 11 is 1.83. The maximum absolute atomic E-state index is 5.41. The lowest BCUT2D eigenvalue weighted by Gasteiger charge is -2.33. The van der Waals surface area contributed by atoms with Crippen LogP contribution in [-0.2, 0) is 0 Å². The highest BCUT2D eigenvalue weighted by atomic mass is 32.2. The Morgan fingerprint density at radius 3 is 2.08 bits per heavy atom. The zero-order valence-corrected chi connectivity index (χ0v) is 29.3. The standard InChI is InChI=1S/C48H30N4S/c1-3-15-32(16-4-1)46-37-20-9-10-23-39(37)49-48(50-46)52-42-29-26-31-14-7-8-19-35(31)45(42)38-22-13-21-36(47(38)52)33-27-28-41-44(30-33)53-43-25-12-11-24-40(43)51(41)34-17-5-2-6-18-34/h1-30H. The highest BCUT2D eigenvalue weighted by Crippen LogP contribution is 2.52. The second kappa shape index (κ2) is 11.9. The van der Waals surface area contributed by atoms with Crippen LogP contribution in [0.2, 0.25) is 0 Å². The summed E-state index contributed by atoms with van der Waals surface area (Å²) in [6.45, 7) is 0. The first-order chi connectivity index (χ1) is 26.3. The molecule has 0 unspecified atom stereocenters. The SMILES string of the molecule is c1ccc(-c2nc(-n3c4ccc5ccccc5c4c4cccc(-c5ccc6c(c5)Sc5ccccc5N6c5ccccc5)c43)nc3ccccc23)cc1. The molecule has 0 saturated heterocycles. The van der Waals surface area contributed by atoms with E-state index in [1.807, 2.05) is 17.8 Å². The van der Waals surface area contributed by atoms with Crippen LogP contribution in [-0.4, -0.2) is 14.5 Å². The lowest BCUT2D eigenvalue weighted by molar-refractivity contribution is 1.01. The van der Waals surface area contributed by atoms with E-state index in [4.69, 9.17) is 9.97 Å². The summed E-state index contributed by atoms with van der Waals surface area (Å²) in [4.78, 5) is 15.5. The molecule has 0 saturated carbocycles. The Morgan fingerprint density at radius 2 is 1.19 bits per heavy atom. The average Bonchev–Trinajstić information content (AvgIpc) is 3.58. The fourth-order valence-electron chi connectivity index (χ4n) is 8.04. The lowest BCUT2D eigenvalue weighted by Crippen LogP contribution is -2.14. The van der Waals surface area contributed by atoms with Gasteiger partial charge in [-0.1, -0.05) is 145 Å². The van der Waals surface area contributed by atoms with Gasteiger partial charge in [0.05, 0.1) is 33.6 Å². The van der Waals surface area contributed by atoms with E-state index in [1.54, 1.807) is 0 Å². The third kappa shape index (κ3) is 4.71. The minimum absolute atomic E-state index is 0.654. The molecule has 248 valence electrons. The number of nitrogens with zero attached hydrogens (tertiary/aromatic N) is 4. The Labute approximate surface area is 310 Å². The lowest BCUT2D eigenvalue weighted by atomic mass is 9.99. The summed E-state index contributed by atoms with van der Waals surface area (Å²) in [5.41, 5.74) is 10.9. The monoisotopic (exact) mass is 694 g/mol. The summed E-state index contributed by atoms with van der Waals surface area (Å²) < 4.78 is 2.30. The third-order valence-electron chi connectivity index (χ3n) is 10.4. The van der Waals surface area contributed by atoms with Gasteiger partial charge in [0.15, 0.2) is 0 Å². The summed E-state index contributed by atoms with van der Waals surface area (Å²) in [5, 5.41) is 5.83. The molecule has 2 aromatic heterocycles. The van der Waals surface area contributed by atoms with E-state index >= 15 is 0 Å².